The monoisotopic (exact) mass is 476 g/mol. The van der Waals surface area contributed by atoms with Crippen molar-refractivity contribution in [2.45, 2.75) is 76.7 Å². The third-order valence-electron chi connectivity index (χ3n) is 5.68. The molecule has 1 heterocycles. The molecule has 1 fully saturated rings. The lowest BCUT2D eigenvalue weighted by Crippen LogP contribution is -2.59. The molecule has 1 saturated heterocycles. The molecule has 188 valence electrons. The van der Waals surface area contributed by atoms with Gasteiger partial charge in [0.25, 0.3) is 0 Å². The van der Waals surface area contributed by atoms with Crippen molar-refractivity contribution in [2.24, 2.45) is 5.92 Å². The molecular weight excluding hydrogens is 440 g/mol. The average molecular weight is 477 g/mol. The number of hydrogen-bond donors (Lipinski definition) is 6. The molecule has 10 nitrogen and oxygen atoms in total. The Bertz CT molecular complexity index is 839. The van der Waals surface area contributed by atoms with Gasteiger partial charge in [0.15, 0.2) is 6.04 Å². The SMILES string of the molecule is CC(C)CC(NC(=O)C1CCCN1)C(=O)NC(Cc1ccccc1)C(=O)NC(C(=O)O)C(C)O. The Balaban J connectivity index is 2.19. The number of carboxylic acids is 1. The molecule has 0 bridgehead atoms. The predicted octanol–water partition coefficient (Wildman–Crippen LogP) is -0.0530. The average Bonchev–Trinajstić information content (AvgIpc) is 3.31. The molecular formula is C24H36N4O6. The molecule has 3 amide bonds. The first kappa shape index (κ1) is 27.3. The Kier molecular flexibility index (Phi) is 10.5. The van der Waals surface area contributed by atoms with Crippen molar-refractivity contribution >= 4 is 23.7 Å². The second-order valence-electron chi connectivity index (χ2n) is 9.16. The normalized spacial score (nSPS) is 19.0. The Hall–Kier alpha value is -2.98. The standard InChI is InChI=1S/C24H36N4O6/c1-14(2)12-18(26-21(30)17-10-7-11-25-17)22(31)27-19(13-16-8-5-4-6-9-16)23(32)28-20(15(3)29)24(33)34/h4-6,8-9,14-15,17-20,25,29H,7,10-13H2,1-3H3,(H,26,30)(H,27,31)(H,28,32)(H,33,34). The van der Waals surface area contributed by atoms with E-state index < -0.39 is 42.0 Å². The summed E-state index contributed by atoms with van der Waals surface area (Å²) in [6.45, 7) is 5.85. The van der Waals surface area contributed by atoms with Gasteiger partial charge >= 0.3 is 5.97 Å². The van der Waals surface area contributed by atoms with Crippen LogP contribution in [-0.2, 0) is 25.6 Å². The molecule has 0 aromatic heterocycles. The Morgan fingerprint density at radius 2 is 1.65 bits per heavy atom. The quantitative estimate of drug-likeness (QED) is 0.247. The fourth-order valence-corrected chi connectivity index (χ4v) is 3.86. The van der Waals surface area contributed by atoms with Crippen molar-refractivity contribution in [3.63, 3.8) is 0 Å². The van der Waals surface area contributed by atoms with Gasteiger partial charge in [-0.3, -0.25) is 14.4 Å². The minimum Gasteiger partial charge on any atom is -0.480 e. The molecule has 1 aromatic rings. The largest absolute Gasteiger partial charge is 0.480 e. The molecule has 1 aliphatic heterocycles. The van der Waals surface area contributed by atoms with Crippen molar-refractivity contribution in [1.82, 2.24) is 21.3 Å². The van der Waals surface area contributed by atoms with Gasteiger partial charge in [0.05, 0.1) is 12.1 Å². The van der Waals surface area contributed by atoms with E-state index in [1.807, 2.05) is 19.9 Å². The molecule has 1 aromatic carbocycles. The fraction of sp³-hybridized carbons (Fsp3) is 0.583. The summed E-state index contributed by atoms with van der Waals surface area (Å²) in [5, 5.41) is 30.0. The van der Waals surface area contributed by atoms with Crippen molar-refractivity contribution < 1.29 is 29.4 Å². The van der Waals surface area contributed by atoms with Crippen LogP contribution in [0.1, 0.15) is 45.6 Å². The van der Waals surface area contributed by atoms with Crippen molar-refractivity contribution in [3.05, 3.63) is 35.9 Å². The fourth-order valence-electron chi connectivity index (χ4n) is 3.86. The second-order valence-corrected chi connectivity index (χ2v) is 9.16. The van der Waals surface area contributed by atoms with Gasteiger partial charge in [-0.15, -0.1) is 0 Å². The van der Waals surface area contributed by atoms with Gasteiger partial charge in [0.2, 0.25) is 17.7 Å². The number of nitrogens with one attached hydrogen (secondary N) is 4. The minimum absolute atomic E-state index is 0.0978. The van der Waals surface area contributed by atoms with E-state index in [4.69, 9.17) is 0 Å². The molecule has 1 aliphatic rings. The lowest BCUT2D eigenvalue weighted by atomic mass is 10.0. The summed E-state index contributed by atoms with van der Waals surface area (Å²) in [5.74, 6) is -2.82. The summed E-state index contributed by atoms with van der Waals surface area (Å²) < 4.78 is 0. The molecule has 0 saturated carbocycles. The van der Waals surface area contributed by atoms with E-state index >= 15 is 0 Å². The molecule has 5 unspecified atom stereocenters. The van der Waals surface area contributed by atoms with Crippen molar-refractivity contribution in [3.8, 4) is 0 Å². The van der Waals surface area contributed by atoms with Gasteiger partial charge in [-0.2, -0.15) is 0 Å². The van der Waals surface area contributed by atoms with Gasteiger partial charge in [0, 0.05) is 6.42 Å². The maximum Gasteiger partial charge on any atom is 0.328 e. The van der Waals surface area contributed by atoms with Crippen LogP contribution in [0, 0.1) is 5.92 Å². The number of hydrogen-bond acceptors (Lipinski definition) is 6. The smallest absolute Gasteiger partial charge is 0.328 e. The topological polar surface area (TPSA) is 157 Å². The summed E-state index contributed by atoms with van der Waals surface area (Å²) in [5.41, 5.74) is 0.756. The molecule has 0 spiro atoms. The van der Waals surface area contributed by atoms with Crippen LogP contribution in [0.25, 0.3) is 0 Å². The Morgan fingerprint density at radius 3 is 2.18 bits per heavy atom. The predicted molar refractivity (Wildman–Crippen MR) is 126 cm³/mol. The molecule has 10 heteroatoms. The highest BCUT2D eigenvalue weighted by Crippen LogP contribution is 2.11. The lowest BCUT2D eigenvalue weighted by molar-refractivity contribution is -0.145. The molecule has 2 rings (SSSR count). The number of rotatable bonds is 12. The maximum absolute atomic E-state index is 13.2. The first-order valence-electron chi connectivity index (χ1n) is 11.7. The van der Waals surface area contributed by atoms with Gasteiger partial charge in [0.1, 0.15) is 12.1 Å². The van der Waals surface area contributed by atoms with E-state index in [-0.39, 0.29) is 24.3 Å². The lowest BCUT2D eigenvalue weighted by Gasteiger charge is -2.26. The number of carbonyl (C=O) groups excluding carboxylic acids is 3. The van der Waals surface area contributed by atoms with Crippen LogP contribution in [0.15, 0.2) is 30.3 Å². The first-order chi connectivity index (χ1) is 16.1. The molecule has 0 radical (unpaired) electrons. The number of carboxylic acid groups (broad SMARTS) is 1. The van der Waals surface area contributed by atoms with Crippen molar-refractivity contribution in [2.75, 3.05) is 6.54 Å². The van der Waals surface area contributed by atoms with Crippen LogP contribution in [0.4, 0.5) is 0 Å². The van der Waals surface area contributed by atoms with E-state index in [1.165, 1.54) is 6.92 Å². The zero-order chi connectivity index (χ0) is 25.3. The van der Waals surface area contributed by atoms with Gasteiger partial charge < -0.3 is 31.5 Å². The third-order valence-corrected chi connectivity index (χ3v) is 5.68. The van der Waals surface area contributed by atoms with Crippen LogP contribution in [0.2, 0.25) is 0 Å². The van der Waals surface area contributed by atoms with Crippen molar-refractivity contribution in [1.29, 1.82) is 0 Å². The van der Waals surface area contributed by atoms with E-state index in [0.29, 0.717) is 12.8 Å². The van der Waals surface area contributed by atoms with Crippen LogP contribution in [0.3, 0.4) is 0 Å². The van der Waals surface area contributed by atoms with Gasteiger partial charge in [-0.05, 0) is 44.2 Å². The third kappa shape index (κ3) is 8.42. The molecule has 34 heavy (non-hydrogen) atoms. The van der Waals surface area contributed by atoms with Crippen LogP contribution in [-0.4, -0.2) is 70.7 Å². The Labute approximate surface area is 199 Å². The number of amides is 3. The highest BCUT2D eigenvalue weighted by atomic mass is 16.4. The van der Waals surface area contributed by atoms with Crippen LogP contribution < -0.4 is 21.3 Å². The number of carbonyl (C=O) groups is 4. The molecule has 5 atom stereocenters. The zero-order valence-corrected chi connectivity index (χ0v) is 19.9. The van der Waals surface area contributed by atoms with E-state index in [0.717, 1.165) is 18.5 Å². The van der Waals surface area contributed by atoms with Crippen LogP contribution in [0.5, 0.6) is 0 Å². The summed E-state index contributed by atoms with van der Waals surface area (Å²) in [6.07, 6.45) is 0.719. The summed E-state index contributed by atoms with van der Waals surface area (Å²) in [4.78, 5) is 50.2. The second kappa shape index (κ2) is 13.0. The summed E-state index contributed by atoms with van der Waals surface area (Å²) >= 11 is 0. The number of aliphatic hydroxyl groups is 1. The summed E-state index contributed by atoms with van der Waals surface area (Å²) in [7, 11) is 0. The first-order valence-corrected chi connectivity index (χ1v) is 11.7. The highest BCUT2D eigenvalue weighted by Gasteiger charge is 2.33. The maximum atomic E-state index is 13.2. The van der Waals surface area contributed by atoms with E-state index in [2.05, 4.69) is 21.3 Å². The highest BCUT2D eigenvalue weighted by molar-refractivity contribution is 5.94. The van der Waals surface area contributed by atoms with E-state index in [9.17, 15) is 29.4 Å². The molecule has 6 N–H and O–H groups in total. The van der Waals surface area contributed by atoms with Crippen LogP contribution >= 0.6 is 0 Å². The van der Waals surface area contributed by atoms with Gasteiger partial charge in [-0.25, -0.2) is 4.79 Å². The Morgan fingerprint density at radius 1 is 1.00 bits per heavy atom. The van der Waals surface area contributed by atoms with E-state index in [1.54, 1.807) is 24.3 Å². The minimum atomic E-state index is -1.53. The number of benzene rings is 1. The summed E-state index contributed by atoms with van der Waals surface area (Å²) in [6, 6.07) is 5.13. The van der Waals surface area contributed by atoms with Gasteiger partial charge in [-0.1, -0.05) is 44.2 Å². The number of aliphatic carboxylic acids is 1. The molecule has 0 aliphatic carbocycles. The number of aliphatic hydroxyl groups excluding tert-OH is 1. The zero-order valence-electron chi connectivity index (χ0n) is 19.9.